The van der Waals surface area contributed by atoms with Crippen LogP contribution in [0.2, 0.25) is 0 Å². The average Bonchev–Trinajstić information content (AvgIpc) is 2.88. The van der Waals surface area contributed by atoms with E-state index < -0.39 is 0 Å². The number of nitrogens with zero attached hydrogens (tertiary/aromatic N) is 2. The molecule has 1 saturated carbocycles. The van der Waals surface area contributed by atoms with Crippen molar-refractivity contribution in [3.8, 4) is 0 Å². The monoisotopic (exact) mass is 422 g/mol. The van der Waals surface area contributed by atoms with Gasteiger partial charge in [0.05, 0.1) is 29.8 Å². The van der Waals surface area contributed by atoms with E-state index in [2.05, 4.69) is 54.8 Å². The molecule has 0 amide bonds. The van der Waals surface area contributed by atoms with Gasteiger partial charge in [0.25, 0.3) is 0 Å². The van der Waals surface area contributed by atoms with Gasteiger partial charge in [-0.15, -0.1) is 0 Å². The summed E-state index contributed by atoms with van der Waals surface area (Å²) in [4.78, 5) is 0. The Morgan fingerprint density at radius 3 is 2.48 bits per heavy atom. The van der Waals surface area contributed by atoms with Crippen LogP contribution in [0.3, 0.4) is 0 Å². The van der Waals surface area contributed by atoms with Crippen molar-refractivity contribution in [3.63, 3.8) is 0 Å². The van der Waals surface area contributed by atoms with Gasteiger partial charge in [-0.1, -0.05) is 0 Å². The minimum Gasteiger partial charge on any atom is -0.399 e. The van der Waals surface area contributed by atoms with E-state index in [0.29, 0.717) is 6.45 Å². The molecule has 1 aromatic rings. The van der Waals surface area contributed by atoms with Crippen molar-refractivity contribution < 1.29 is 13.8 Å². The van der Waals surface area contributed by atoms with Crippen LogP contribution in [-0.2, 0) is 20.4 Å². The zero-order valence-electron chi connectivity index (χ0n) is 12.9. The van der Waals surface area contributed by atoms with Crippen LogP contribution in [0.4, 0.5) is 0 Å². The second-order valence-electron chi connectivity index (χ2n) is 6.92. The molecule has 2 fully saturated rings. The molecule has 116 valence electrons. The molecule has 5 nitrogen and oxygen atoms in total. The molecule has 0 aromatic carbocycles. The van der Waals surface area contributed by atoms with E-state index in [1.165, 1.54) is 0 Å². The van der Waals surface area contributed by atoms with Crippen molar-refractivity contribution in [1.82, 2.24) is 9.78 Å². The Bertz CT molecular complexity index is 517. The van der Waals surface area contributed by atoms with Crippen LogP contribution in [0.1, 0.15) is 40.5 Å². The topological polar surface area (TPSA) is 45.5 Å². The number of halogens is 1. The first kappa shape index (κ1) is 16.2. The predicted octanol–water partition coefficient (Wildman–Crippen LogP) is 2.68. The first-order chi connectivity index (χ1) is 9.77. The van der Waals surface area contributed by atoms with Crippen LogP contribution in [0, 0.1) is 0 Å². The summed E-state index contributed by atoms with van der Waals surface area (Å²) in [7, 11) is -0.341. The van der Waals surface area contributed by atoms with E-state index >= 15 is 0 Å². The Kier molecular flexibility index (Phi) is 4.19. The fourth-order valence-electron chi connectivity index (χ4n) is 2.38. The molecule has 0 spiro atoms. The van der Waals surface area contributed by atoms with Crippen LogP contribution in [0.25, 0.3) is 0 Å². The highest BCUT2D eigenvalue weighted by atomic mass is 127. The van der Waals surface area contributed by atoms with Crippen molar-refractivity contribution in [2.75, 3.05) is 0 Å². The Labute approximate surface area is 141 Å². The first-order valence-electron chi connectivity index (χ1n) is 7.19. The molecule has 0 radical (unpaired) electrons. The summed E-state index contributed by atoms with van der Waals surface area (Å²) in [5, 5.41) is 4.44. The van der Waals surface area contributed by atoms with Crippen LogP contribution in [0.5, 0.6) is 0 Å². The molecule has 3 rings (SSSR count). The fraction of sp³-hybridized carbons (Fsp3) is 0.769. The van der Waals surface area contributed by atoms with Crippen molar-refractivity contribution in [1.29, 1.82) is 0 Å². The highest BCUT2D eigenvalue weighted by Crippen LogP contribution is 2.47. The van der Waals surface area contributed by atoms with Gasteiger partial charge in [0.2, 0.25) is 0 Å². The Morgan fingerprint density at radius 2 is 1.95 bits per heavy atom. The molecule has 1 atom stereocenters. The zero-order valence-corrected chi connectivity index (χ0v) is 16.0. The summed E-state index contributed by atoms with van der Waals surface area (Å²) in [5.74, 6) is 0. The molecule has 0 N–H and O–H groups in total. The summed E-state index contributed by atoms with van der Waals surface area (Å²) in [6.07, 6.45) is 6.09. The fourth-order valence-corrected chi connectivity index (χ4v) is 4.21. The Hall–Kier alpha value is 0.315. The smallest absolute Gasteiger partial charge is 0.399 e. The van der Waals surface area contributed by atoms with Gasteiger partial charge in [-0.05, 0) is 62.6 Å². The lowest BCUT2D eigenvalue weighted by Gasteiger charge is -2.32. The van der Waals surface area contributed by atoms with Gasteiger partial charge in [0.15, 0.2) is 0 Å². The molecule has 0 bridgehead atoms. The maximum atomic E-state index is 6.05. The van der Waals surface area contributed by atoms with Gasteiger partial charge in [-0.3, -0.25) is 4.68 Å². The van der Waals surface area contributed by atoms with Gasteiger partial charge in [0.1, 0.15) is 0 Å². The third kappa shape index (κ3) is 3.18. The van der Waals surface area contributed by atoms with Crippen LogP contribution in [-0.4, -0.2) is 33.7 Å². The van der Waals surface area contributed by atoms with E-state index in [9.17, 15) is 0 Å². The lowest BCUT2D eigenvalue weighted by molar-refractivity contribution is 0.00578. The van der Waals surface area contributed by atoms with Crippen molar-refractivity contribution in [2.24, 2.45) is 0 Å². The van der Waals surface area contributed by atoms with Gasteiger partial charge in [0, 0.05) is 17.9 Å². The molecular weight excluding hydrogens is 401 g/mol. The van der Waals surface area contributed by atoms with E-state index in [1.807, 2.05) is 17.1 Å². The molecule has 8 heteroatoms. The molecule has 1 unspecified atom stereocenters. The Morgan fingerprint density at radius 1 is 1.33 bits per heavy atom. The van der Waals surface area contributed by atoms with Gasteiger partial charge >= 0.3 is 7.12 Å². The Balaban J connectivity index is 1.69. The maximum absolute atomic E-state index is 6.05. The second-order valence-corrected chi connectivity index (χ2v) is 8.60. The lowest BCUT2D eigenvalue weighted by Crippen LogP contribution is -2.41. The number of hydrogen-bond acceptors (Lipinski definition) is 4. The normalized spacial score (nSPS) is 25.9. The molecule has 1 aromatic heterocycles. The average molecular weight is 422 g/mol. The minimum absolute atomic E-state index is 0.0128. The minimum atomic E-state index is -0.341. The van der Waals surface area contributed by atoms with Gasteiger partial charge in [-0.25, -0.2) is 0 Å². The van der Waals surface area contributed by atoms with E-state index in [4.69, 9.17) is 13.8 Å². The highest BCUT2D eigenvalue weighted by Gasteiger charge is 2.52. The third-order valence-corrected chi connectivity index (χ3v) is 5.86. The number of rotatable bonds is 5. The van der Waals surface area contributed by atoms with Crippen LogP contribution < -0.4 is 5.46 Å². The van der Waals surface area contributed by atoms with Crippen LogP contribution >= 0.6 is 28.5 Å². The summed E-state index contributed by atoms with van der Waals surface area (Å²) < 4.78 is 19.9. The quantitative estimate of drug-likeness (QED) is 0.416. The predicted molar refractivity (Wildman–Crippen MR) is 93.3 cm³/mol. The van der Waals surface area contributed by atoms with Crippen molar-refractivity contribution in [2.45, 2.75) is 63.9 Å². The van der Waals surface area contributed by atoms with Crippen molar-refractivity contribution >= 4 is 41.1 Å². The van der Waals surface area contributed by atoms with Gasteiger partial charge < -0.3 is 13.8 Å². The molecular formula is C13H21BIN2O3P. The molecule has 2 aliphatic rings. The summed E-state index contributed by atoms with van der Waals surface area (Å²) in [6.45, 7) is 9.55. The molecule has 1 saturated heterocycles. The van der Waals surface area contributed by atoms with E-state index in [0.717, 1.165) is 24.8 Å². The first-order valence-corrected chi connectivity index (χ1v) is 11.2. The van der Waals surface area contributed by atoms with E-state index in [1.54, 1.807) is 0 Å². The second kappa shape index (κ2) is 5.44. The zero-order chi connectivity index (χ0) is 15.3. The summed E-state index contributed by atoms with van der Waals surface area (Å²) >= 11 is 2.27. The van der Waals surface area contributed by atoms with Crippen LogP contribution in [0.15, 0.2) is 12.4 Å². The number of aromatic nitrogens is 2. The standard InChI is InChI=1S/C13H21BIN2O3P/c1-11(2)12(3,4)19-14(18-11)10-7-16-17(8-10)9-13(5-6-13)20-21-15/h7-8,21H,5-6,9H2,1-4H3. The molecule has 1 aliphatic carbocycles. The SMILES string of the molecule is CC1(C)OB(c2cnn(CC3(OPI)CC3)c2)OC1(C)C. The third-order valence-electron chi connectivity index (χ3n) is 4.69. The summed E-state index contributed by atoms with van der Waals surface area (Å²) in [5.41, 5.74) is 0.353. The summed E-state index contributed by atoms with van der Waals surface area (Å²) in [6, 6.07) is 0. The van der Waals surface area contributed by atoms with E-state index in [-0.39, 0.29) is 23.9 Å². The van der Waals surface area contributed by atoms with Gasteiger partial charge in [-0.2, -0.15) is 5.10 Å². The number of hydrogen-bond donors (Lipinski definition) is 0. The lowest BCUT2D eigenvalue weighted by atomic mass is 9.82. The molecule has 2 heterocycles. The largest absolute Gasteiger partial charge is 0.498 e. The molecule has 1 aliphatic heterocycles. The van der Waals surface area contributed by atoms with Crippen molar-refractivity contribution in [3.05, 3.63) is 12.4 Å². The maximum Gasteiger partial charge on any atom is 0.498 e. The molecule has 21 heavy (non-hydrogen) atoms. The highest BCUT2D eigenvalue weighted by molar-refractivity contribution is 14.2.